The molecule has 0 saturated carbocycles. The number of ketones is 1. The van der Waals surface area contributed by atoms with Crippen LogP contribution in [0.2, 0.25) is 5.02 Å². The quantitative estimate of drug-likeness (QED) is 0.622. The van der Waals surface area contributed by atoms with Crippen LogP contribution in [0.4, 0.5) is 4.39 Å². The normalized spacial score (nSPS) is 14.8. The fraction of sp³-hybridized carbons (Fsp3) is 0.300. The van der Waals surface area contributed by atoms with Gasteiger partial charge in [-0.25, -0.2) is 12.8 Å². The van der Waals surface area contributed by atoms with Gasteiger partial charge in [-0.15, -0.1) is 0 Å². The first-order valence-electron chi connectivity index (χ1n) is 9.26. The Morgan fingerprint density at radius 2 is 1.87 bits per heavy atom. The highest BCUT2D eigenvalue weighted by molar-refractivity contribution is 7.89. The minimum Gasteiger partial charge on any atom is -0.496 e. The van der Waals surface area contributed by atoms with E-state index in [2.05, 4.69) is 5.32 Å². The van der Waals surface area contributed by atoms with E-state index in [-0.39, 0.29) is 42.5 Å². The van der Waals surface area contributed by atoms with Crippen LogP contribution in [-0.4, -0.2) is 64.4 Å². The van der Waals surface area contributed by atoms with Crippen molar-refractivity contribution in [3.8, 4) is 5.75 Å². The van der Waals surface area contributed by atoms with Crippen molar-refractivity contribution in [1.29, 1.82) is 0 Å². The summed E-state index contributed by atoms with van der Waals surface area (Å²) in [6.45, 7) is 0.371. The number of morpholine rings is 1. The fourth-order valence-electron chi connectivity index (χ4n) is 3.02. The lowest BCUT2D eigenvalue weighted by Gasteiger charge is -2.26. The van der Waals surface area contributed by atoms with E-state index < -0.39 is 39.6 Å². The summed E-state index contributed by atoms with van der Waals surface area (Å²) in [6, 6.07) is 7.41. The number of hydrogen-bond donors (Lipinski definition) is 1. The van der Waals surface area contributed by atoms with Gasteiger partial charge in [-0.05, 0) is 36.4 Å². The second-order valence-electron chi connectivity index (χ2n) is 6.61. The third kappa shape index (κ3) is 5.21. The molecule has 1 saturated heterocycles. The zero-order chi connectivity index (χ0) is 22.6. The molecule has 0 radical (unpaired) electrons. The van der Waals surface area contributed by atoms with Gasteiger partial charge in [0, 0.05) is 18.1 Å². The summed E-state index contributed by atoms with van der Waals surface area (Å²) < 4.78 is 51.2. The Kier molecular flexibility index (Phi) is 7.26. The second kappa shape index (κ2) is 9.73. The number of carbonyl (C=O) groups is 2. The van der Waals surface area contributed by atoms with Crippen molar-refractivity contribution in [3.05, 3.63) is 58.4 Å². The SMILES string of the molecule is COc1ccc(Cl)cc1C(=O)CNC(=O)c1cc(S(=O)(=O)N2CCOCC2)ccc1F. The van der Waals surface area contributed by atoms with Gasteiger partial charge in [0.2, 0.25) is 10.0 Å². The van der Waals surface area contributed by atoms with E-state index >= 15 is 0 Å². The maximum Gasteiger partial charge on any atom is 0.254 e. The average molecular weight is 471 g/mol. The number of nitrogens with zero attached hydrogens (tertiary/aromatic N) is 1. The lowest BCUT2D eigenvalue weighted by molar-refractivity contribution is 0.0730. The van der Waals surface area contributed by atoms with Gasteiger partial charge in [-0.2, -0.15) is 4.31 Å². The Morgan fingerprint density at radius 1 is 1.16 bits per heavy atom. The van der Waals surface area contributed by atoms with Gasteiger partial charge in [-0.1, -0.05) is 11.6 Å². The van der Waals surface area contributed by atoms with Crippen LogP contribution in [0, 0.1) is 5.82 Å². The van der Waals surface area contributed by atoms with Gasteiger partial charge in [-0.3, -0.25) is 9.59 Å². The number of sulfonamides is 1. The molecule has 0 aromatic heterocycles. The Balaban J connectivity index is 1.77. The summed E-state index contributed by atoms with van der Waals surface area (Å²) in [5.74, 6) is -2.07. The molecule has 2 aromatic rings. The number of benzene rings is 2. The standard InChI is InChI=1S/C20H20ClFN2O6S/c1-29-19-5-2-13(21)10-16(19)18(25)12-23-20(26)15-11-14(3-4-17(15)22)31(27,28)24-6-8-30-9-7-24/h2-5,10-11H,6-9,12H2,1H3,(H,23,26). The molecular weight excluding hydrogens is 451 g/mol. The van der Waals surface area contributed by atoms with Crippen LogP contribution in [0.25, 0.3) is 0 Å². The Labute approximate surface area is 183 Å². The highest BCUT2D eigenvalue weighted by atomic mass is 35.5. The van der Waals surface area contributed by atoms with Crippen LogP contribution < -0.4 is 10.1 Å². The predicted octanol–water partition coefficient (Wildman–Crippen LogP) is 2.12. The molecule has 166 valence electrons. The van der Waals surface area contributed by atoms with E-state index in [9.17, 15) is 22.4 Å². The van der Waals surface area contributed by atoms with Crippen LogP contribution in [0.5, 0.6) is 5.75 Å². The van der Waals surface area contributed by atoms with E-state index in [0.29, 0.717) is 5.02 Å². The Bertz CT molecular complexity index is 1100. The van der Waals surface area contributed by atoms with Crippen molar-refractivity contribution in [3.63, 3.8) is 0 Å². The summed E-state index contributed by atoms with van der Waals surface area (Å²) in [5.41, 5.74) is -0.334. The highest BCUT2D eigenvalue weighted by Crippen LogP contribution is 2.23. The minimum atomic E-state index is -3.91. The monoisotopic (exact) mass is 470 g/mol. The zero-order valence-corrected chi connectivity index (χ0v) is 18.1. The van der Waals surface area contributed by atoms with Gasteiger partial charge in [0.1, 0.15) is 11.6 Å². The smallest absolute Gasteiger partial charge is 0.254 e. The second-order valence-corrected chi connectivity index (χ2v) is 8.98. The highest BCUT2D eigenvalue weighted by Gasteiger charge is 2.28. The van der Waals surface area contributed by atoms with E-state index in [0.717, 1.165) is 18.2 Å². The van der Waals surface area contributed by atoms with E-state index in [1.165, 1.54) is 23.5 Å². The lowest BCUT2D eigenvalue weighted by Crippen LogP contribution is -2.40. The fourth-order valence-corrected chi connectivity index (χ4v) is 4.63. The maximum atomic E-state index is 14.3. The molecule has 0 spiro atoms. The van der Waals surface area contributed by atoms with E-state index in [1.54, 1.807) is 6.07 Å². The molecule has 8 nitrogen and oxygen atoms in total. The number of methoxy groups -OCH3 is 1. The molecule has 3 rings (SSSR count). The minimum absolute atomic E-state index is 0.152. The number of ether oxygens (including phenoxy) is 2. The third-order valence-electron chi connectivity index (χ3n) is 4.66. The van der Waals surface area contributed by atoms with Crippen molar-refractivity contribution < 1.29 is 31.9 Å². The molecule has 2 aromatic carbocycles. The molecule has 0 aliphatic carbocycles. The van der Waals surface area contributed by atoms with E-state index in [1.807, 2.05) is 0 Å². The average Bonchev–Trinajstić information content (AvgIpc) is 2.78. The number of rotatable bonds is 7. The topological polar surface area (TPSA) is 102 Å². The molecule has 31 heavy (non-hydrogen) atoms. The van der Waals surface area contributed by atoms with Crippen LogP contribution >= 0.6 is 11.6 Å². The Hall–Kier alpha value is -2.53. The predicted molar refractivity (Wildman–Crippen MR) is 111 cm³/mol. The third-order valence-corrected chi connectivity index (χ3v) is 6.79. The van der Waals surface area contributed by atoms with Crippen molar-refractivity contribution in [1.82, 2.24) is 9.62 Å². The van der Waals surface area contributed by atoms with Gasteiger partial charge >= 0.3 is 0 Å². The van der Waals surface area contributed by atoms with Crippen molar-refractivity contribution in [2.75, 3.05) is 40.0 Å². The molecule has 0 bridgehead atoms. The number of Topliss-reactive ketones (excluding diaryl/α,β-unsaturated/α-hetero) is 1. The van der Waals surface area contributed by atoms with Crippen LogP contribution in [-0.2, 0) is 14.8 Å². The van der Waals surface area contributed by atoms with Crippen molar-refractivity contribution in [2.24, 2.45) is 0 Å². The zero-order valence-electron chi connectivity index (χ0n) is 16.6. The van der Waals surface area contributed by atoms with Crippen molar-refractivity contribution >= 4 is 33.3 Å². The summed E-state index contributed by atoms with van der Waals surface area (Å²) >= 11 is 5.91. The molecule has 1 heterocycles. The first kappa shape index (κ1) is 23.1. The van der Waals surface area contributed by atoms with Crippen LogP contribution in [0.3, 0.4) is 0 Å². The molecule has 1 aliphatic heterocycles. The largest absolute Gasteiger partial charge is 0.496 e. The summed E-state index contributed by atoms with van der Waals surface area (Å²) in [7, 11) is -2.53. The maximum absolute atomic E-state index is 14.3. The van der Waals surface area contributed by atoms with Crippen LogP contribution in [0.1, 0.15) is 20.7 Å². The van der Waals surface area contributed by atoms with Crippen LogP contribution in [0.15, 0.2) is 41.3 Å². The number of nitrogens with one attached hydrogen (secondary N) is 1. The Morgan fingerprint density at radius 3 is 2.55 bits per heavy atom. The molecule has 11 heteroatoms. The lowest BCUT2D eigenvalue weighted by atomic mass is 10.1. The molecule has 1 aliphatic rings. The molecule has 1 amide bonds. The molecule has 0 unspecified atom stereocenters. The summed E-state index contributed by atoms with van der Waals surface area (Å²) in [4.78, 5) is 24.7. The first-order valence-corrected chi connectivity index (χ1v) is 11.1. The first-order chi connectivity index (χ1) is 14.7. The number of halogens is 2. The molecule has 1 N–H and O–H groups in total. The van der Waals surface area contributed by atoms with E-state index in [4.69, 9.17) is 21.1 Å². The van der Waals surface area contributed by atoms with Gasteiger partial charge in [0.25, 0.3) is 5.91 Å². The summed E-state index contributed by atoms with van der Waals surface area (Å²) in [6.07, 6.45) is 0. The van der Waals surface area contributed by atoms with Gasteiger partial charge in [0.15, 0.2) is 5.78 Å². The number of carbonyl (C=O) groups excluding carboxylic acids is 2. The number of hydrogen-bond acceptors (Lipinski definition) is 6. The van der Waals surface area contributed by atoms with Crippen molar-refractivity contribution in [2.45, 2.75) is 4.90 Å². The molecular formula is C20H20ClFN2O6S. The molecule has 0 atom stereocenters. The van der Waals surface area contributed by atoms with Gasteiger partial charge in [0.05, 0.1) is 42.9 Å². The number of amides is 1. The molecule has 1 fully saturated rings. The van der Waals surface area contributed by atoms with Gasteiger partial charge < -0.3 is 14.8 Å². The summed E-state index contributed by atoms with van der Waals surface area (Å²) in [5, 5.41) is 2.62.